The van der Waals surface area contributed by atoms with Gasteiger partial charge >= 0.3 is 6.18 Å². The van der Waals surface area contributed by atoms with Gasteiger partial charge in [-0.2, -0.15) is 13.2 Å². The molecule has 0 saturated heterocycles. The molecule has 0 saturated carbocycles. The first kappa shape index (κ1) is 16.0. The number of nitrogens with one attached hydrogen (secondary N) is 1. The van der Waals surface area contributed by atoms with Crippen LogP contribution in [0.3, 0.4) is 0 Å². The molecule has 1 unspecified atom stereocenters. The van der Waals surface area contributed by atoms with E-state index >= 15 is 0 Å². The highest BCUT2D eigenvalue weighted by Gasteiger charge is 2.38. The molecule has 0 aliphatic carbocycles. The number of aliphatic hydroxyl groups is 1. The fourth-order valence-electron chi connectivity index (χ4n) is 0.780. The molecule has 98 valence electrons. The quantitative estimate of drug-likeness (QED) is 0.538. The predicted octanol–water partition coefficient (Wildman–Crippen LogP) is 0.848. The van der Waals surface area contributed by atoms with Crippen LogP contribution in [0.1, 0.15) is 12.8 Å². The van der Waals surface area contributed by atoms with Crippen LogP contribution in [-0.2, 0) is 10.0 Å². The lowest BCUT2D eigenvalue weighted by Gasteiger charge is -2.14. The van der Waals surface area contributed by atoms with Crippen LogP contribution in [0.2, 0.25) is 0 Å². The maximum atomic E-state index is 11.8. The lowest BCUT2D eigenvalue weighted by Crippen LogP contribution is -2.41. The summed E-state index contributed by atoms with van der Waals surface area (Å²) in [5.41, 5.74) is 0. The summed E-state index contributed by atoms with van der Waals surface area (Å²) >= 11 is 5.31. The molecule has 0 heterocycles. The van der Waals surface area contributed by atoms with Crippen molar-refractivity contribution in [2.45, 2.75) is 25.1 Å². The number of unbranched alkanes of at least 4 members (excludes halogenated alkanes) is 1. The van der Waals surface area contributed by atoms with Crippen molar-refractivity contribution in [3.63, 3.8) is 0 Å². The maximum Gasteiger partial charge on any atom is 0.415 e. The third-order valence-corrected chi connectivity index (χ3v) is 3.37. The van der Waals surface area contributed by atoms with Gasteiger partial charge in [0.2, 0.25) is 10.0 Å². The van der Waals surface area contributed by atoms with Crippen molar-refractivity contribution in [3.05, 3.63) is 0 Å². The molecule has 0 aliphatic rings. The predicted molar refractivity (Wildman–Crippen MR) is 53.8 cm³/mol. The molecular weight excluding hydrogens is 271 g/mol. The Bertz CT molecular complexity index is 294. The Labute approximate surface area is 96.8 Å². The van der Waals surface area contributed by atoms with E-state index in [9.17, 15) is 21.6 Å². The smallest absolute Gasteiger partial charge is 0.382 e. The zero-order valence-electron chi connectivity index (χ0n) is 8.30. The van der Waals surface area contributed by atoms with Gasteiger partial charge in [0.15, 0.2) is 6.10 Å². The molecule has 0 aliphatic heterocycles. The van der Waals surface area contributed by atoms with E-state index < -0.39 is 28.8 Å². The van der Waals surface area contributed by atoms with E-state index in [0.29, 0.717) is 12.3 Å². The van der Waals surface area contributed by atoms with E-state index in [1.165, 1.54) is 0 Å². The van der Waals surface area contributed by atoms with Crippen molar-refractivity contribution in [2.24, 2.45) is 0 Å². The van der Waals surface area contributed by atoms with Gasteiger partial charge in [0.05, 0.1) is 5.75 Å². The highest BCUT2D eigenvalue weighted by molar-refractivity contribution is 7.89. The molecule has 1 atom stereocenters. The molecular formula is C7H13ClF3NO3S. The van der Waals surface area contributed by atoms with Gasteiger partial charge in [-0.25, -0.2) is 13.1 Å². The minimum Gasteiger partial charge on any atom is -0.382 e. The third kappa shape index (κ3) is 7.26. The van der Waals surface area contributed by atoms with Crippen molar-refractivity contribution in [1.29, 1.82) is 0 Å². The van der Waals surface area contributed by atoms with Crippen LogP contribution in [-0.4, -0.2) is 44.0 Å². The molecule has 0 radical (unpaired) electrons. The largest absolute Gasteiger partial charge is 0.415 e. The minimum atomic E-state index is -4.82. The van der Waals surface area contributed by atoms with Crippen LogP contribution >= 0.6 is 11.6 Å². The van der Waals surface area contributed by atoms with Gasteiger partial charge < -0.3 is 5.11 Å². The van der Waals surface area contributed by atoms with Gasteiger partial charge in [-0.05, 0) is 12.8 Å². The molecule has 0 spiro atoms. The standard InChI is InChI=1S/C7H13ClF3NO3S/c8-3-1-2-4-16(14,15)12-5-6(13)7(9,10)11/h6,12-13H,1-5H2. The molecule has 16 heavy (non-hydrogen) atoms. The van der Waals surface area contributed by atoms with Crippen LogP contribution in [0, 0.1) is 0 Å². The second-order valence-corrected chi connectivity index (χ2v) is 5.43. The Morgan fingerprint density at radius 2 is 1.88 bits per heavy atom. The Morgan fingerprint density at radius 1 is 1.31 bits per heavy atom. The van der Waals surface area contributed by atoms with Gasteiger partial charge in [0.1, 0.15) is 0 Å². The zero-order valence-corrected chi connectivity index (χ0v) is 9.87. The van der Waals surface area contributed by atoms with E-state index in [2.05, 4.69) is 0 Å². The van der Waals surface area contributed by atoms with Crippen molar-refractivity contribution >= 4 is 21.6 Å². The van der Waals surface area contributed by atoms with Crippen LogP contribution in [0.5, 0.6) is 0 Å². The number of hydrogen-bond acceptors (Lipinski definition) is 3. The summed E-state index contributed by atoms with van der Waals surface area (Å²) in [6.07, 6.45) is -6.78. The first-order valence-corrected chi connectivity index (χ1v) is 6.66. The minimum absolute atomic E-state index is 0.265. The first-order valence-electron chi connectivity index (χ1n) is 4.47. The molecule has 2 N–H and O–H groups in total. The summed E-state index contributed by atoms with van der Waals surface area (Å²) in [6.45, 7) is -1.06. The third-order valence-electron chi connectivity index (χ3n) is 1.67. The first-order chi connectivity index (χ1) is 7.19. The molecule has 0 aromatic heterocycles. The summed E-state index contributed by atoms with van der Waals surface area (Å²) in [6, 6.07) is 0. The second kappa shape index (κ2) is 6.63. The highest BCUT2D eigenvalue weighted by Crippen LogP contribution is 2.19. The van der Waals surface area contributed by atoms with Crippen molar-refractivity contribution in [3.8, 4) is 0 Å². The summed E-state index contributed by atoms with van der Waals surface area (Å²) in [4.78, 5) is 0. The maximum absolute atomic E-state index is 11.8. The molecule has 0 bridgehead atoms. The monoisotopic (exact) mass is 283 g/mol. The SMILES string of the molecule is O=S(=O)(CCCCCl)NCC(O)C(F)(F)F. The van der Waals surface area contributed by atoms with Crippen molar-refractivity contribution in [2.75, 3.05) is 18.2 Å². The van der Waals surface area contributed by atoms with Crippen LogP contribution < -0.4 is 4.72 Å². The normalized spacial score (nSPS) is 15.1. The van der Waals surface area contributed by atoms with Crippen molar-refractivity contribution in [1.82, 2.24) is 4.72 Å². The zero-order chi connectivity index (χ0) is 12.8. The van der Waals surface area contributed by atoms with E-state index in [1.807, 2.05) is 0 Å². The van der Waals surface area contributed by atoms with Crippen LogP contribution in [0.15, 0.2) is 0 Å². The average molecular weight is 284 g/mol. The number of halogens is 4. The summed E-state index contributed by atoms with van der Waals surface area (Å²) in [7, 11) is -3.78. The molecule has 0 fully saturated rings. The molecule has 0 rings (SSSR count). The Kier molecular flexibility index (Phi) is 6.61. The van der Waals surface area contributed by atoms with E-state index in [4.69, 9.17) is 16.7 Å². The van der Waals surface area contributed by atoms with E-state index in [0.717, 1.165) is 0 Å². The number of sulfonamides is 1. The molecule has 0 aromatic carbocycles. The Hall–Kier alpha value is -0.0500. The number of hydrogen-bond donors (Lipinski definition) is 2. The molecule has 0 amide bonds. The van der Waals surface area contributed by atoms with Gasteiger partial charge in [0, 0.05) is 12.4 Å². The van der Waals surface area contributed by atoms with E-state index in [-0.39, 0.29) is 12.2 Å². The molecule has 9 heteroatoms. The Balaban J connectivity index is 4.00. The van der Waals surface area contributed by atoms with Gasteiger partial charge in [-0.1, -0.05) is 0 Å². The highest BCUT2D eigenvalue weighted by atomic mass is 35.5. The fraction of sp³-hybridized carbons (Fsp3) is 1.00. The van der Waals surface area contributed by atoms with Gasteiger partial charge in [-0.3, -0.25) is 0 Å². The number of alkyl halides is 4. The van der Waals surface area contributed by atoms with Crippen LogP contribution in [0.4, 0.5) is 13.2 Å². The number of aliphatic hydroxyl groups excluding tert-OH is 1. The molecule has 0 aromatic rings. The summed E-state index contributed by atoms with van der Waals surface area (Å²) < 4.78 is 59.4. The summed E-state index contributed by atoms with van der Waals surface area (Å²) in [5, 5.41) is 8.55. The summed E-state index contributed by atoms with van der Waals surface area (Å²) in [5.74, 6) is -0.00894. The second-order valence-electron chi connectivity index (χ2n) is 3.12. The van der Waals surface area contributed by atoms with Gasteiger partial charge in [0.25, 0.3) is 0 Å². The van der Waals surface area contributed by atoms with Gasteiger partial charge in [-0.15, -0.1) is 11.6 Å². The van der Waals surface area contributed by atoms with E-state index in [1.54, 1.807) is 4.72 Å². The topological polar surface area (TPSA) is 66.4 Å². The average Bonchev–Trinajstić information content (AvgIpc) is 2.13. The Morgan fingerprint density at radius 3 is 2.31 bits per heavy atom. The fourth-order valence-corrected chi connectivity index (χ4v) is 2.11. The number of rotatable bonds is 7. The van der Waals surface area contributed by atoms with Crippen LogP contribution in [0.25, 0.3) is 0 Å². The lowest BCUT2D eigenvalue weighted by molar-refractivity contribution is -0.200. The van der Waals surface area contributed by atoms with Crippen molar-refractivity contribution < 1.29 is 26.7 Å². The lowest BCUT2D eigenvalue weighted by atomic mass is 10.4. The molecule has 4 nitrogen and oxygen atoms in total.